The van der Waals surface area contributed by atoms with Gasteiger partial charge in [-0.05, 0) is 54.2 Å². The molecule has 0 bridgehead atoms. The number of thiocarbonyl (C=S) groups is 1. The number of alkyl halides is 3. The lowest BCUT2D eigenvalue weighted by Gasteiger charge is -2.10. The number of ether oxygens (including phenoxy) is 1. The first-order valence-corrected chi connectivity index (χ1v) is 13.1. The van der Waals surface area contributed by atoms with Gasteiger partial charge in [-0.1, -0.05) is 36.4 Å². The number of hydrogen-bond donors (Lipinski definition) is 2. The van der Waals surface area contributed by atoms with Crippen LogP contribution >= 0.6 is 12.2 Å². The fraction of sp³-hybridized carbons (Fsp3) is 0.0833. The fourth-order valence-corrected chi connectivity index (χ4v) is 4.25. The molecule has 1 heterocycles. The molecule has 0 saturated heterocycles. The number of anilines is 1. The minimum Gasteiger partial charge on any atom is -0.406 e. The van der Waals surface area contributed by atoms with Crippen molar-refractivity contribution in [2.45, 2.75) is 11.3 Å². The Morgan fingerprint density at radius 2 is 1.74 bits per heavy atom. The summed E-state index contributed by atoms with van der Waals surface area (Å²) in [6.45, 7) is 0. The molecule has 0 aliphatic carbocycles. The number of para-hydroxylation sites is 1. The molecule has 3 aromatic carbocycles. The summed E-state index contributed by atoms with van der Waals surface area (Å²) in [6, 6.07) is 18.7. The van der Waals surface area contributed by atoms with E-state index in [1.807, 2.05) is 0 Å². The molecule has 38 heavy (non-hydrogen) atoms. The van der Waals surface area contributed by atoms with Crippen LogP contribution in [0.4, 0.5) is 18.9 Å². The SMILES string of the molecule is CS(=O)(=O)c1ccccc1NC(=S)N/N=C/c1ccc(-c2ncn(-c3ccc(OC(F)(F)F)cc3)n2)cc1. The lowest BCUT2D eigenvalue weighted by molar-refractivity contribution is -0.274. The first-order chi connectivity index (χ1) is 18.0. The molecule has 0 saturated carbocycles. The van der Waals surface area contributed by atoms with Crippen LogP contribution in [0.25, 0.3) is 17.1 Å². The van der Waals surface area contributed by atoms with Crippen molar-refractivity contribution in [1.82, 2.24) is 20.2 Å². The molecule has 1 aromatic heterocycles. The van der Waals surface area contributed by atoms with E-state index in [0.29, 0.717) is 22.8 Å². The van der Waals surface area contributed by atoms with Gasteiger partial charge in [0, 0.05) is 11.8 Å². The fourth-order valence-electron chi connectivity index (χ4n) is 3.25. The van der Waals surface area contributed by atoms with E-state index in [9.17, 15) is 21.6 Å². The first kappa shape index (κ1) is 26.8. The largest absolute Gasteiger partial charge is 0.573 e. The van der Waals surface area contributed by atoms with Gasteiger partial charge in [0.15, 0.2) is 20.8 Å². The van der Waals surface area contributed by atoms with E-state index < -0.39 is 16.2 Å². The Morgan fingerprint density at radius 1 is 1.05 bits per heavy atom. The molecule has 0 aliphatic rings. The van der Waals surface area contributed by atoms with Crippen molar-refractivity contribution in [3.05, 3.63) is 84.7 Å². The molecule has 0 spiro atoms. The van der Waals surface area contributed by atoms with E-state index in [4.69, 9.17) is 12.2 Å². The zero-order valence-electron chi connectivity index (χ0n) is 19.5. The van der Waals surface area contributed by atoms with Gasteiger partial charge in [-0.25, -0.2) is 18.1 Å². The van der Waals surface area contributed by atoms with Gasteiger partial charge in [-0.3, -0.25) is 5.43 Å². The van der Waals surface area contributed by atoms with E-state index in [1.54, 1.807) is 42.5 Å². The van der Waals surface area contributed by atoms with Gasteiger partial charge < -0.3 is 10.1 Å². The molecular formula is C24H19F3N6O3S2. The van der Waals surface area contributed by atoms with Crippen LogP contribution in [0.2, 0.25) is 0 Å². The number of nitrogens with zero attached hydrogens (tertiary/aromatic N) is 4. The van der Waals surface area contributed by atoms with Crippen LogP contribution in [0, 0.1) is 0 Å². The number of rotatable bonds is 7. The van der Waals surface area contributed by atoms with Crippen LogP contribution in [0.1, 0.15) is 5.56 Å². The zero-order valence-corrected chi connectivity index (χ0v) is 21.2. The second-order valence-electron chi connectivity index (χ2n) is 7.77. The number of nitrogens with one attached hydrogen (secondary N) is 2. The second-order valence-corrected chi connectivity index (χ2v) is 10.2. The smallest absolute Gasteiger partial charge is 0.406 e. The predicted molar refractivity (Wildman–Crippen MR) is 140 cm³/mol. The second kappa shape index (κ2) is 11.0. The standard InChI is InChI=1S/C24H19F3N6O3S2/c1-38(34,35)21-5-3-2-4-20(21)30-23(37)31-29-14-16-6-8-17(9-7-16)22-28-15-33(32-22)18-10-12-19(13-11-18)36-24(25,26)27/h2-15H,1H3,(H2,30,31,37)/b29-14+. The van der Waals surface area contributed by atoms with Crippen molar-refractivity contribution in [2.75, 3.05) is 11.6 Å². The average Bonchev–Trinajstić information content (AvgIpc) is 3.34. The van der Waals surface area contributed by atoms with Gasteiger partial charge in [-0.2, -0.15) is 5.10 Å². The monoisotopic (exact) mass is 560 g/mol. The Morgan fingerprint density at radius 3 is 2.39 bits per heavy atom. The van der Waals surface area contributed by atoms with Gasteiger partial charge >= 0.3 is 6.36 Å². The summed E-state index contributed by atoms with van der Waals surface area (Å²) >= 11 is 5.18. The van der Waals surface area contributed by atoms with Crippen LogP contribution in [-0.4, -0.2) is 47.1 Å². The van der Waals surface area contributed by atoms with E-state index in [-0.39, 0.29) is 15.8 Å². The predicted octanol–water partition coefficient (Wildman–Crippen LogP) is 4.56. The summed E-state index contributed by atoms with van der Waals surface area (Å²) in [6.07, 6.45) is -0.676. The van der Waals surface area contributed by atoms with Gasteiger partial charge in [0.05, 0.1) is 22.5 Å². The Hall–Kier alpha value is -4.30. The van der Waals surface area contributed by atoms with Gasteiger partial charge in [0.25, 0.3) is 0 Å². The van der Waals surface area contributed by atoms with E-state index >= 15 is 0 Å². The Bertz CT molecular complexity index is 1570. The minimum atomic E-state index is -4.76. The van der Waals surface area contributed by atoms with Gasteiger partial charge in [0.1, 0.15) is 12.1 Å². The normalized spacial score (nSPS) is 11.9. The summed E-state index contributed by atoms with van der Waals surface area (Å²) in [5, 5.41) is 11.4. The topological polar surface area (TPSA) is 110 Å². The van der Waals surface area contributed by atoms with Crippen molar-refractivity contribution in [3.63, 3.8) is 0 Å². The molecule has 0 unspecified atom stereocenters. The summed E-state index contributed by atoms with van der Waals surface area (Å²) in [7, 11) is -3.43. The average molecular weight is 561 g/mol. The van der Waals surface area contributed by atoms with Crippen molar-refractivity contribution in [3.8, 4) is 22.8 Å². The van der Waals surface area contributed by atoms with Crippen molar-refractivity contribution in [2.24, 2.45) is 5.10 Å². The highest BCUT2D eigenvalue weighted by Gasteiger charge is 2.31. The van der Waals surface area contributed by atoms with Crippen LogP contribution in [0.5, 0.6) is 5.75 Å². The highest BCUT2D eigenvalue weighted by molar-refractivity contribution is 7.90. The van der Waals surface area contributed by atoms with Gasteiger partial charge in [0.2, 0.25) is 0 Å². The number of aromatic nitrogens is 3. The molecule has 0 aliphatic heterocycles. The van der Waals surface area contributed by atoms with Crippen molar-refractivity contribution in [1.29, 1.82) is 0 Å². The third-order valence-corrected chi connectivity index (χ3v) is 6.26. The molecule has 14 heteroatoms. The molecule has 4 aromatic rings. The first-order valence-electron chi connectivity index (χ1n) is 10.8. The van der Waals surface area contributed by atoms with Crippen LogP contribution in [0.15, 0.2) is 89.1 Å². The molecule has 0 atom stereocenters. The third-order valence-electron chi connectivity index (χ3n) is 4.91. The summed E-state index contributed by atoms with van der Waals surface area (Å²) in [4.78, 5) is 4.37. The molecule has 0 amide bonds. The quantitative estimate of drug-likeness (QED) is 0.192. The van der Waals surface area contributed by atoms with Crippen molar-refractivity contribution >= 4 is 39.1 Å². The number of benzene rings is 3. The van der Waals surface area contributed by atoms with Gasteiger partial charge in [-0.15, -0.1) is 18.3 Å². The maximum atomic E-state index is 12.3. The maximum absolute atomic E-state index is 12.3. The van der Waals surface area contributed by atoms with Crippen LogP contribution in [-0.2, 0) is 9.84 Å². The Balaban J connectivity index is 1.36. The number of hydrazone groups is 1. The molecule has 2 N–H and O–H groups in total. The molecule has 196 valence electrons. The van der Waals surface area contributed by atoms with E-state index in [2.05, 4.69) is 30.7 Å². The highest BCUT2D eigenvalue weighted by Crippen LogP contribution is 2.24. The van der Waals surface area contributed by atoms with Crippen molar-refractivity contribution < 1.29 is 26.3 Å². The maximum Gasteiger partial charge on any atom is 0.573 e. The summed E-state index contributed by atoms with van der Waals surface area (Å²) in [5.74, 6) is 0.0840. The molecule has 0 radical (unpaired) electrons. The Labute approximate surface area is 220 Å². The number of sulfone groups is 1. The molecule has 4 rings (SSSR count). The number of hydrogen-bond acceptors (Lipinski definition) is 7. The molecular weight excluding hydrogens is 541 g/mol. The summed E-state index contributed by atoms with van der Waals surface area (Å²) in [5.41, 5.74) is 4.93. The van der Waals surface area contributed by atoms with E-state index in [1.165, 1.54) is 47.6 Å². The Kier molecular flexibility index (Phi) is 7.73. The molecule has 9 nitrogen and oxygen atoms in total. The highest BCUT2D eigenvalue weighted by atomic mass is 32.2. The lowest BCUT2D eigenvalue weighted by atomic mass is 10.1. The number of halogens is 3. The molecule has 0 fully saturated rings. The third kappa shape index (κ3) is 7.14. The van der Waals surface area contributed by atoms with Crippen LogP contribution < -0.4 is 15.5 Å². The minimum absolute atomic E-state index is 0.113. The van der Waals surface area contributed by atoms with Crippen LogP contribution in [0.3, 0.4) is 0 Å². The summed E-state index contributed by atoms with van der Waals surface area (Å²) < 4.78 is 66.1. The lowest BCUT2D eigenvalue weighted by Crippen LogP contribution is -2.24. The zero-order chi connectivity index (χ0) is 27.3. The van der Waals surface area contributed by atoms with E-state index in [0.717, 1.165) is 11.8 Å².